The molecular formula is C16H20ClN3O. The number of piperidine rings is 1. The standard InChI is InChI=1S/C16H20ClN3O/c1-19-9-5-6-13(11-19)12-20-16(17)15(10-18-20)21-14-7-3-2-4-8-14/h2-4,7-8,10,13H,5-6,9,11-12H2,1H3. The zero-order valence-electron chi connectivity index (χ0n) is 12.2. The van der Waals surface area contributed by atoms with E-state index in [0.717, 1.165) is 18.8 Å². The minimum absolute atomic E-state index is 0.576. The Morgan fingerprint density at radius 3 is 2.90 bits per heavy atom. The molecule has 1 fully saturated rings. The van der Waals surface area contributed by atoms with Crippen LogP contribution in [0.4, 0.5) is 0 Å². The van der Waals surface area contributed by atoms with Crippen LogP contribution in [0.25, 0.3) is 0 Å². The molecule has 2 heterocycles. The number of halogens is 1. The zero-order valence-corrected chi connectivity index (χ0v) is 13.0. The van der Waals surface area contributed by atoms with Crippen LogP contribution in [-0.2, 0) is 6.54 Å². The molecule has 0 N–H and O–H groups in total. The van der Waals surface area contributed by atoms with E-state index >= 15 is 0 Å². The van der Waals surface area contributed by atoms with Crippen molar-refractivity contribution in [2.24, 2.45) is 5.92 Å². The molecule has 0 radical (unpaired) electrons. The Bertz CT molecular complexity index is 584. The van der Waals surface area contributed by atoms with Gasteiger partial charge in [-0.2, -0.15) is 5.10 Å². The van der Waals surface area contributed by atoms with Crippen LogP contribution >= 0.6 is 11.6 Å². The predicted molar refractivity (Wildman–Crippen MR) is 84.0 cm³/mol. The molecule has 1 saturated heterocycles. The molecule has 4 nitrogen and oxygen atoms in total. The fraction of sp³-hybridized carbons (Fsp3) is 0.438. The maximum Gasteiger partial charge on any atom is 0.184 e. The lowest BCUT2D eigenvalue weighted by atomic mass is 9.99. The summed E-state index contributed by atoms with van der Waals surface area (Å²) in [5.41, 5.74) is 0. The Morgan fingerprint density at radius 2 is 2.14 bits per heavy atom. The quantitative estimate of drug-likeness (QED) is 0.863. The van der Waals surface area contributed by atoms with Crippen molar-refractivity contribution in [2.45, 2.75) is 19.4 Å². The SMILES string of the molecule is CN1CCCC(Cn2ncc(Oc3ccccc3)c2Cl)C1. The molecule has 0 amide bonds. The molecule has 0 saturated carbocycles. The molecule has 1 atom stereocenters. The lowest BCUT2D eigenvalue weighted by molar-refractivity contribution is 0.190. The number of hydrogen-bond donors (Lipinski definition) is 0. The molecule has 112 valence electrons. The second kappa shape index (κ2) is 6.50. The van der Waals surface area contributed by atoms with Gasteiger partial charge in [0, 0.05) is 13.1 Å². The Morgan fingerprint density at radius 1 is 1.33 bits per heavy atom. The summed E-state index contributed by atoms with van der Waals surface area (Å²) in [7, 11) is 2.17. The lowest BCUT2D eigenvalue weighted by Gasteiger charge is -2.29. The molecular weight excluding hydrogens is 286 g/mol. The third-order valence-electron chi connectivity index (χ3n) is 3.87. The zero-order chi connectivity index (χ0) is 14.7. The molecule has 3 rings (SSSR count). The van der Waals surface area contributed by atoms with Crippen molar-refractivity contribution < 1.29 is 4.74 Å². The van der Waals surface area contributed by atoms with Crippen molar-refractivity contribution in [3.63, 3.8) is 0 Å². The number of ether oxygens (including phenoxy) is 1. The van der Waals surface area contributed by atoms with E-state index in [1.807, 2.05) is 35.0 Å². The van der Waals surface area contributed by atoms with E-state index in [4.69, 9.17) is 16.3 Å². The van der Waals surface area contributed by atoms with Crippen LogP contribution in [0.15, 0.2) is 36.5 Å². The first-order chi connectivity index (χ1) is 10.2. The van der Waals surface area contributed by atoms with Crippen molar-refractivity contribution in [1.82, 2.24) is 14.7 Å². The van der Waals surface area contributed by atoms with Gasteiger partial charge in [-0.1, -0.05) is 29.8 Å². The van der Waals surface area contributed by atoms with Crippen molar-refractivity contribution in [1.29, 1.82) is 0 Å². The molecule has 0 bridgehead atoms. The van der Waals surface area contributed by atoms with E-state index in [1.54, 1.807) is 6.20 Å². The van der Waals surface area contributed by atoms with Crippen molar-refractivity contribution in [2.75, 3.05) is 20.1 Å². The monoisotopic (exact) mass is 305 g/mol. The van der Waals surface area contributed by atoms with Gasteiger partial charge in [-0.15, -0.1) is 0 Å². The first kappa shape index (κ1) is 14.4. The largest absolute Gasteiger partial charge is 0.452 e. The summed E-state index contributed by atoms with van der Waals surface area (Å²) < 4.78 is 7.63. The first-order valence-corrected chi connectivity index (χ1v) is 7.73. The van der Waals surface area contributed by atoms with Gasteiger partial charge < -0.3 is 9.64 Å². The highest BCUT2D eigenvalue weighted by molar-refractivity contribution is 6.31. The second-order valence-corrected chi connectivity index (χ2v) is 6.03. The van der Waals surface area contributed by atoms with E-state index in [-0.39, 0.29) is 0 Å². The van der Waals surface area contributed by atoms with E-state index < -0.39 is 0 Å². The van der Waals surface area contributed by atoms with Crippen molar-refractivity contribution >= 4 is 11.6 Å². The first-order valence-electron chi connectivity index (χ1n) is 7.35. The Hall–Kier alpha value is -1.52. The summed E-state index contributed by atoms with van der Waals surface area (Å²) in [6, 6.07) is 9.64. The third-order valence-corrected chi connectivity index (χ3v) is 4.25. The van der Waals surface area contributed by atoms with Gasteiger partial charge in [-0.25, -0.2) is 0 Å². The number of likely N-dealkylation sites (tertiary alicyclic amines) is 1. The highest BCUT2D eigenvalue weighted by Gasteiger charge is 2.20. The van der Waals surface area contributed by atoms with Crippen LogP contribution in [0, 0.1) is 5.92 Å². The lowest BCUT2D eigenvalue weighted by Crippen LogP contribution is -2.34. The van der Waals surface area contributed by atoms with E-state index in [1.165, 1.54) is 19.4 Å². The average Bonchev–Trinajstić information content (AvgIpc) is 2.82. The summed E-state index contributed by atoms with van der Waals surface area (Å²) in [5, 5.41) is 4.95. The van der Waals surface area contributed by atoms with Crippen molar-refractivity contribution in [3.05, 3.63) is 41.7 Å². The van der Waals surface area contributed by atoms with E-state index in [2.05, 4.69) is 17.0 Å². The van der Waals surface area contributed by atoms with Gasteiger partial charge in [0.05, 0.1) is 6.20 Å². The summed E-state index contributed by atoms with van der Waals surface area (Å²) in [6.45, 7) is 3.14. The number of para-hydroxylation sites is 1. The average molecular weight is 306 g/mol. The highest BCUT2D eigenvalue weighted by atomic mass is 35.5. The minimum atomic E-state index is 0.576. The second-order valence-electron chi connectivity index (χ2n) is 5.67. The molecule has 21 heavy (non-hydrogen) atoms. The van der Waals surface area contributed by atoms with Gasteiger partial charge >= 0.3 is 0 Å². The molecule has 0 aliphatic carbocycles. The molecule has 1 aromatic carbocycles. The number of aromatic nitrogens is 2. The predicted octanol–water partition coefficient (Wildman–Crippen LogP) is 3.67. The maximum absolute atomic E-state index is 6.39. The van der Waals surface area contributed by atoms with Crippen LogP contribution in [0.5, 0.6) is 11.5 Å². The summed E-state index contributed by atoms with van der Waals surface area (Å²) in [6.07, 6.45) is 4.17. The molecule has 5 heteroatoms. The van der Waals surface area contributed by atoms with Crippen LogP contribution in [0.2, 0.25) is 5.15 Å². The molecule has 1 aliphatic rings. The third kappa shape index (κ3) is 3.57. The Balaban J connectivity index is 1.67. The van der Waals surface area contributed by atoms with Gasteiger partial charge in [0.15, 0.2) is 10.9 Å². The summed E-state index contributed by atoms with van der Waals surface area (Å²) in [4.78, 5) is 2.37. The molecule has 1 aliphatic heterocycles. The molecule has 1 unspecified atom stereocenters. The Kier molecular flexibility index (Phi) is 4.46. The summed E-state index contributed by atoms with van der Waals surface area (Å²) in [5.74, 6) is 1.99. The van der Waals surface area contributed by atoms with Gasteiger partial charge in [0.25, 0.3) is 0 Å². The highest BCUT2D eigenvalue weighted by Crippen LogP contribution is 2.30. The Labute approximate surface area is 130 Å². The van der Waals surface area contributed by atoms with Crippen LogP contribution < -0.4 is 4.74 Å². The molecule has 2 aromatic rings. The fourth-order valence-electron chi connectivity index (χ4n) is 2.83. The molecule has 0 spiro atoms. The fourth-order valence-corrected chi connectivity index (χ4v) is 3.03. The topological polar surface area (TPSA) is 30.3 Å². The van der Waals surface area contributed by atoms with Crippen LogP contribution in [-0.4, -0.2) is 34.8 Å². The van der Waals surface area contributed by atoms with Gasteiger partial charge in [0.1, 0.15) is 5.75 Å². The van der Waals surface area contributed by atoms with Gasteiger partial charge in [0.2, 0.25) is 0 Å². The normalized spacial score (nSPS) is 19.6. The smallest absolute Gasteiger partial charge is 0.184 e. The van der Waals surface area contributed by atoms with E-state index in [0.29, 0.717) is 16.8 Å². The van der Waals surface area contributed by atoms with Crippen LogP contribution in [0.1, 0.15) is 12.8 Å². The van der Waals surface area contributed by atoms with Gasteiger partial charge in [-0.3, -0.25) is 4.68 Å². The number of benzene rings is 1. The summed E-state index contributed by atoms with van der Waals surface area (Å²) >= 11 is 6.39. The number of nitrogens with zero attached hydrogens (tertiary/aromatic N) is 3. The van der Waals surface area contributed by atoms with E-state index in [9.17, 15) is 0 Å². The van der Waals surface area contributed by atoms with Crippen molar-refractivity contribution in [3.8, 4) is 11.5 Å². The van der Waals surface area contributed by atoms with Crippen LogP contribution in [0.3, 0.4) is 0 Å². The minimum Gasteiger partial charge on any atom is -0.452 e. The number of hydrogen-bond acceptors (Lipinski definition) is 3. The molecule has 1 aromatic heterocycles. The number of rotatable bonds is 4. The maximum atomic E-state index is 6.39. The van der Waals surface area contributed by atoms with Gasteiger partial charge in [-0.05, 0) is 44.5 Å².